The first-order valence-electron chi connectivity index (χ1n) is 5.18. The molecule has 0 N–H and O–H groups in total. The molecule has 78 valence electrons. The van der Waals surface area contributed by atoms with Gasteiger partial charge in [-0.3, -0.25) is 9.59 Å². The van der Waals surface area contributed by atoms with E-state index in [4.69, 9.17) is 0 Å². The normalized spacial score (nSPS) is 16.5. The van der Waals surface area contributed by atoms with Crippen molar-refractivity contribution in [3.8, 4) is 0 Å². The van der Waals surface area contributed by atoms with E-state index < -0.39 is 5.78 Å². The van der Waals surface area contributed by atoms with Crippen molar-refractivity contribution in [1.29, 1.82) is 0 Å². The molecule has 0 aliphatic carbocycles. The molecule has 1 heterocycles. The minimum atomic E-state index is -0.408. The maximum Gasteiger partial charge on any atom is 0.294 e. The van der Waals surface area contributed by atoms with E-state index in [9.17, 15) is 9.59 Å². The van der Waals surface area contributed by atoms with Gasteiger partial charge in [-0.2, -0.15) is 0 Å². The quantitative estimate of drug-likeness (QED) is 0.506. The molecular weight excluding hydrogens is 178 g/mol. The number of likely N-dealkylation sites (tertiary alicyclic amines) is 1. The lowest BCUT2D eigenvalue weighted by Gasteiger charge is -2.26. The number of piperidine rings is 1. The zero-order valence-electron chi connectivity index (χ0n) is 8.71. The Kier molecular flexibility index (Phi) is 3.86. The van der Waals surface area contributed by atoms with Gasteiger partial charge in [-0.05, 0) is 31.3 Å². The molecule has 0 saturated carbocycles. The van der Waals surface area contributed by atoms with Gasteiger partial charge < -0.3 is 4.90 Å². The second-order valence-electron chi connectivity index (χ2n) is 3.64. The molecule has 0 aromatic rings. The van der Waals surface area contributed by atoms with Crippen molar-refractivity contribution in [3.63, 3.8) is 0 Å². The zero-order valence-corrected chi connectivity index (χ0v) is 8.71. The van der Waals surface area contributed by atoms with Crippen LogP contribution in [0.4, 0.5) is 0 Å². The van der Waals surface area contributed by atoms with Crippen molar-refractivity contribution < 1.29 is 9.59 Å². The summed E-state index contributed by atoms with van der Waals surface area (Å²) in [5.41, 5.74) is 0.417. The average Bonchev–Trinajstić information content (AvgIpc) is 2.27. The Hall–Kier alpha value is -1.12. The SMILES string of the molecule is C=C(CC)C(=O)C(=O)N1CCCCC1. The van der Waals surface area contributed by atoms with Crippen molar-refractivity contribution in [2.24, 2.45) is 0 Å². The third-order valence-electron chi connectivity index (χ3n) is 2.59. The van der Waals surface area contributed by atoms with E-state index in [1.54, 1.807) is 4.90 Å². The van der Waals surface area contributed by atoms with E-state index in [-0.39, 0.29) is 5.91 Å². The van der Waals surface area contributed by atoms with Crippen molar-refractivity contribution in [1.82, 2.24) is 4.90 Å². The second-order valence-corrected chi connectivity index (χ2v) is 3.64. The molecule has 0 atom stereocenters. The van der Waals surface area contributed by atoms with Crippen LogP contribution in [0.3, 0.4) is 0 Å². The van der Waals surface area contributed by atoms with Crippen molar-refractivity contribution >= 4 is 11.7 Å². The first-order chi connectivity index (χ1) is 6.66. The summed E-state index contributed by atoms with van der Waals surface area (Å²) >= 11 is 0. The van der Waals surface area contributed by atoms with Crippen LogP contribution in [-0.2, 0) is 9.59 Å². The molecule has 0 spiro atoms. The van der Waals surface area contributed by atoms with Crippen molar-refractivity contribution in [2.75, 3.05) is 13.1 Å². The molecule has 0 aromatic heterocycles. The molecule has 1 rings (SSSR count). The van der Waals surface area contributed by atoms with E-state index in [2.05, 4.69) is 6.58 Å². The molecule has 14 heavy (non-hydrogen) atoms. The zero-order chi connectivity index (χ0) is 10.6. The van der Waals surface area contributed by atoms with Gasteiger partial charge in [-0.1, -0.05) is 13.5 Å². The van der Waals surface area contributed by atoms with Gasteiger partial charge in [0, 0.05) is 13.1 Å². The number of nitrogens with zero attached hydrogens (tertiary/aromatic N) is 1. The summed E-state index contributed by atoms with van der Waals surface area (Å²) in [5.74, 6) is -0.772. The first-order valence-corrected chi connectivity index (χ1v) is 5.18. The van der Waals surface area contributed by atoms with E-state index >= 15 is 0 Å². The molecule has 0 aromatic carbocycles. The predicted molar refractivity (Wildman–Crippen MR) is 54.9 cm³/mol. The van der Waals surface area contributed by atoms with Crippen molar-refractivity contribution in [3.05, 3.63) is 12.2 Å². The van der Waals surface area contributed by atoms with Crippen LogP contribution in [0.25, 0.3) is 0 Å². The summed E-state index contributed by atoms with van der Waals surface area (Å²) in [6, 6.07) is 0. The average molecular weight is 195 g/mol. The lowest BCUT2D eigenvalue weighted by atomic mass is 10.1. The van der Waals surface area contributed by atoms with Gasteiger partial charge >= 0.3 is 0 Å². The summed E-state index contributed by atoms with van der Waals surface area (Å²) in [4.78, 5) is 24.7. The number of carbonyl (C=O) groups is 2. The van der Waals surface area contributed by atoms with Gasteiger partial charge in [-0.25, -0.2) is 0 Å². The largest absolute Gasteiger partial charge is 0.336 e. The number of carbonyl (C=O) groups excluding carboxylic acids is 2. The molecule has 1 aliphatic rings. The van der Waals surface area contributed by atoms with E-state index in [0.29, 0.717) is 12.0 Å². The summed E-state index contributed by atoms with van der Waals surface area (Å²) in [7, 11) is 0. The Bertz CT molecular complexity index is 252. The minimum absolute atomic E-state index is 0.364. The summed E-state index contributed by atoms with van der Waals surface area (Å²) in [5, 5.41) is 0. The van der Waals surface area contributed by atoms with Gasteiger partial charge in [0.1, 0.15) is 0 Å². The Morgan fingerprint density at radius 2 is 1.79 bits per heavy atom. The molecule has 3 heteroatoms. The fraction of sp³-hybridized carbons (Fsp3) is 0.636. The summed E-state index contributed by atoms with van der Waals surface area (Å²) in [6.07, 6.45) is 3.74. The Labute approximate surface area is 84.8 Å². The van der Waals surface area contributed by atoms with Crippen LogP contribution in [0.2, 0.25) is 0 Å². The van der Waals surface area contributed by atoms with E-state index in [0.717, 1.165) is 32.4 Å². The van der Waals surface area contributed by atoms with E-state index in [1.165, 1.54) is 0 Å². The van der Waals surface area contributed by atoms with Crippen molar-refractivity contribution in [2.45, 2.75) is 32.6 Å². The number of Topliss-reactive ketones (excluding diaryl/α,β-unsaturated/α-hetero) is 1. The molecule has 1 saturated heterocycles. The Morgan fingerprint density at radius 3 is 2.29 bits per heavy atom. The number of hydrogen-bond acceptors (Lipinski definition) is 2. The molecule has 1 fully saturated rings. The van der Waals surface area contributed by atoms with Gasteiger partial charge in [0.2, 0.25) is 5.78 Å². The van der Waals surface area contributed by atoms with Crippen LogP contribution in [0, 0.1) is 0 Å². The van der Waals surface area contributed by atoms with Gasteiger partial charge in [0.05, 0.1) is 0 Å². The van der Waals surface area contributed by atoms with Gasteiger partial charge in [0.15, 0.2) is 0 Å². The van der Waals surface area contributed by atoms with Crippen LogP contribution in [0.5, 0.6) is 0 Å². The monoisotopic (exact) mass is 195 g/mol. The van der Waals surface area contributed by atoms with Crippen LogP contribution in [-0.4, -0.2) is 29.7 Å². The van der Waals surface area contributed by atoms with E-state index in [1.807, 2.05) is 6.92 Å². The predicted octanol–water partition coefficient (Wildman–Crippen LogP) is 1.53. The highest BCUT2D eigenvalue weighted by atomic mass is 16.2. The lowest BCUT2D eigenvalue weighted by molar-refractivity contribution is -0.143. The number of rotatable bonds is 3. The number of hydrogen-bond donors (Lipinski definition) is 0. The van der Waals surface area contributed by atoms with Gasteiger partial charge in [-0.15, -0.1) is 0 Å². The molecule has 0 unspecified atom stereocenters. The smallest absolute Gasteiger partial charge is 0.294 e. The van der Waals surface area contributed by atoms with Crippen LogP contribution in [0.1, 0.15) is 32.6 Å². The van der Waals surface area contributed by atoms with Gasteiger partial charge in [0.25, 0.3) is 5.91 Å². The number of ketones is 1. The highest BCUT2D eigenvalue weighted by molar-refractivity contribution is 6.42. The Morgan fingerprint density at radius 1 is 1.21 bits per heavy atom. The maximum atomic E-state index is 11.6. The highest BCUT2D eigenvalue weighted by Crippen LogP contribution is 2.11. The molecule has 1 aliphatic heterocycles. The lowest BCUT2D eigenvalue weighted by Crippen LogP contribution is -2.40. The molecule has 0 radical (unpaired) electrons. The molecule has 3 nitrogen and oxygen atoms in total. The third kappa shape index (κ3) is 2.44. The molecular formula is C11H17NO2. The fourth-order valence-corrected chi connectivity index (χ4v) is 1.55. The third-order valence-corrected chi connectivity index (χ3v) is 2.59. The number of amides is 1. The van der Waals surface area contributed by atoms with Crippen LogP contribution in [0.15, 0.2) is 12.2 Å². The maximum absolute atomic E-state index is 11.6. The molecule has 0 bridgehead atoms. The minimum Gasteiger partial charge on any atom is -0.336 e. The summed E-state index contributed by atoms with van der Waals surface area (Å²) in [6.45, 7) is 6.88. The first kappa shape index (κ1) is 11.0. The summed E-state index contributed by atoms with van der Waals surface area (Å²) < 4.78 is 0. The standard InChI is InChI=1S/C11H17NO2/c1-3-9(2)10(13)11(14)12-7-5-4-6-8-12/h2-8H2,1H3. The highest BCUT2D eigenvalue weighted by Gasteiger charge is 2.23. The fourth-order valence-electron chi connectivity index (χ4n) is 1.55. The Balaban J connectivity index is 2.55. The topological polar surface area (TPSA) is 37.4 Å². The van der Waals surface area contributed by atoms with Crippen LogP contribution < -0.4 is 0 Å². The second kappa shape index (κ2) is 4.94. The molecule has 1 amide bonds. The van der Waals surface area contributed by atoms with Crippen LogP contribution >= 0.6 is 0 Å².